The maximum atomic E-state index is 11.9. The van der Waals surface area contributed by atoms with E-state index >= 15 is 0 Å². The third-order valence-electron chi connectivity index (χ3n) is 3.40. The number of azo groups is 1. The summed E-state index contributed by atoms with van der Waals surface area (Å²) in [5.74, 6) is -0.0659. The fourth-order valence-electron chi connectivity index (χ4n) is 2.13. The molecule has 0 spiro atoms. The fourth-order valence-corrected chi connectivity index (χ4v) is 3.55. The number of thioether (sulfide) groups is 1. The minimum atomic E-state index is -0.982. The Morgan fingerprint density at radius 1 is 1.11 bits per heavy atom. The van der Waals surface area contributed by atoms with Crippen LogP contribution in [0.25, 0.3) is 11.4 Å². The molecule has 9 heteroatoms. The average Bonchev–Trinajstić information content (AvgIpc) is 3.17. The van der Waals surface area contributed by atoms with E-state index in [2.05, 4.69) is 24.6 Å². The summed E-state index contributed by atoms with van der Waals surface area (Å²) < 4.78 is 4.27. The first-order valence-corrected chi connectivity index (χ1v) is 9.55. The topological polar surface area (TPSA) is 106 Å². The Balaban J connectivity index is 1.78. The van der Waals surface area contributed by atoms with Crippen molar-refractivity contribution in [2.75, 3.05) is 7.05 Å². The molecule has 2 aromatic carbocycles. The third-order valence-corrected chi connectivity index (χ3v) is 5.12. The van der Waals surface area contributed by atoms with E-state index in [-0.39, 0.29) is 0 Å². The summed E-state index contributed by atoms with van der Waals surface area (Å²) in [6.45, 7) is 0. The molecule has 27 heavy (non-hydrogen) atoms. The van der Waals surface area contributed by atoms with Gasteiger partial charge in [0.2, 0.25) is 5.13 Å². The molecule has 0 saturated heterocycles. The average molecular weight is 397 g/mol. The number of benzene rings is 2. The van der Waals surface area contributed by atoms with Crippen LogP contribution in [-0.4, -0.2) is 33.4 Å². The molecular weight excluding hydrogens is 380 g/mol. The summed E-state index contributed by atoms with van der Waals surface area (Å²) in [6.07, 6.45) is 0. The Kier molecular flexibility index (Phi) is 6.39. The van der Waals surface area contributed by atoms with Crippen LogP contribution in [0.5, 0.6) is 0 Å². The number of aromatic nitrogens is 2. The van der Waals surface area contributed by atoms with Crippen molar-refractivity contribution in [3.05, 3.63) is 60.7 Å². The lowest BCUT2D eigenvalue weighted by Crippen LogP contribution is -2.32. The number of amides is 1. The van der Waals surface area contributed by atoms with Gasteiger partial charge < -0.3 is 5.73 Å². The van der Waals surface area contributed by atoms with Crippen molar-refractivity contribution in [3.63, 3.8) is 0 Å². The van der Waals surface area contributed by atoms with Crippen LogP contribution >= 0.6 is 23.3 Å². The number of carbonyl (C=O) groups excluding carboxylic acids is 1. The number of hydrogen-bond donors (Lipinski definition) is 1. The van der Waals surface area contributed by atoms with Crippen LogP contribution in [-0.2, 0) is 4.79 Å². The van der Waals surface area contributed by atoms with Gasteiger partial charge in [-0.05, 0) is 12.1 Å². The zero-order chi connectivity index (χ0) is 19.1. The molecule has 136 valence electrons. The smallest absolute Gasteiger partial charge is 0.250 e. The van der Waals surface area contributed by atoms with Gasteiger partial charge in [-0.1, -0.05) is 60.3 Å². The minimum Gasteiger partial charge on any atom is -0.367 e. The zero-order valence-electron chi connectivity index (χ0n) is 14.4. The molecule has 0 bridgehead atoms. The van der Waals surface area contributed by atoms with Gasteiger partial charge in [-0.25, -0.2) is 0 Å². The quantitative estimate of drug-likeness (QED) is 0.294. The van der Waals surface area contributed by atoms with Crippen LogP contribution in [0.1, 0.15) is 0 Å². The van der Waals surface area contributed by atoms with Crippen LogP contribution < -0.4 is 5.73 Å². The number of aliphatic imine (C=N–C) groups is 1. The second-order valence-electron chi connectivity index (χ2n) is 5.26. The molecule has 0 aliphatic carbocycles. The molecule has 0 aliphatic heterocycles. The summed E-state index contributed by atoms with van der Waals surface area (Å²) in [6, 6.07) is 18.1. The van der Waals surface area contributed by atoms with Crippen molar-refractivity contribution in [3.8, 4) is 11.4 Å². The summed E-state index contributed by atoms with van der Waals surface area (Å²) in [5.41, 5.74) is 6.39. The monoisotopic (exact) mass is 396 g/mol. The molecule has 1 heterocycles. The molecule has 1 aromatic heterocycles. The number of rotatable bonds is 6. The number of carbonyl (C=O) groups is 1. The lowest BCUT2D eigenvalue weighted by molar-refractivity contribution is -0.117. The summed E-state index contributed by atoms with van der Waals surface area (Å²) in [7, 11) is 1.59. The first kappa shape index (κ1) is 18.9. The Morgan fingerprint density at radius 3 is 2.41 bits per heavy atom. The van der Waals surface area contributed by atoms with Gasteiger partial charge in [-0.2, -0.15) is 14.5 Å². The largest absolute Gasteiger partial charge is 0.367 e. The van der Waals surface area contributed by atoms with Crippen molar-refractivity contribution >= 4 is 39.4 Å². The number of primary amides is 1. The standard InChI is InChI=1S/C18H16N6OS2/c1-20-17(26-13-10-6-3-7-11-13)14(15(19)25)22-23-18-21-16(24-27-18)12-8-4-2-5-9-12/h2-11,14H,1H3,(H2,19,25)/b20-17-,23-22+/t14-/m0/s1. The molecule has 1 atom stereocenters. The number of nitrogens with zero attached hydrogens (tertiary/aromatic N) is 5. The predicted octanol–water partition coefficient (Wildman–Crippen LogP) is 3.96. The summed E-state index contributed by atoms with van der Waals surface area (Å²) >= 11 is 2.43. The predicted molar refractivity (Wildman–Crippen MR) is 109 cm³/mol. The van der Waals surface area contributed by atoms with Crippen LogP contribution in [0.4, 0.5) is 5.13 Å². The van der Waals surface area contributed by atoms with Crippen molar-refractivity contribution in [1.82, 2.24) is 9.36 Å². The molecule has 1 amide bonds. The summed E-state index contributed by atoms with van der Waals surface area (Å²) in [5, 5.41) is 8.94. The lowest BCUT2D eigenvalue weighted by Gasteiger charge is -2.10. The van der Waals surface area contributed by atoms with Gasteiger partial charge in [-0.3, -0.25) is 9.79 Å². The van der Waals surface area contributed by atoms with Crippen LogP contribution in [0.15, 0.2) is 80.8 Å². The van der Waals surface area contributed by atoms with Gasteiger partial charge in [-0.15, -0.1) is 5.11 Å². The van der Waals surface area contributed by atoms with Gasteiger partial charge in [0, 0.05) is 29.0 Å². The molecular formula is C18H16N6OS2. The van der Waals surface area contributed by atoms with E-state index in [9.17, 15) is 4.79 Å². The molecule has 7 nitrogen and oxygen atoms in total. The second kappa shape index (κ2) is 9.15. The molecule has 0 unspecified atom stereocenters. The van der Waals surface area contributed by atoms with Crippen molar-refractivity contribution in [1.29, 1.82) is 0 Å². The van der Waals surface area contributed by atoms with Crippen molar-refractivity contribution in [2.24, 2.45) is 21.0 Å². The SMILES string of the molecule is C/N=C(\Sc1ccccc1)[C@@H](/N=N/c1nc(-c2ccccc2)ns1)C(N)=O. The highest BCUT2D eigenvalue weighted by atomic mass is 32.2. The number of nitrogens with two attached hydrogens (primary N) is 1. The number of hydrogen-bond acceptors (Lipinski definition) is 8. The zero-order valence-corrected chi connectivity index (χ0v) is 16.0. The molecule has 0 fully saturated rings. The van der Waals surface area contributed by atoms with Gasteiger partial charge in [0.15, 0.2) is 11.9 Å². The van der Waals surface area contributed by atoms with Crippen LogP contribution in [0.3, 0.4) is 0 Å². The second-order valence-corrected chi connectivity index (χ2v) is 7.09. The highest BCUT2D eigenvalue weighted by molar-refractivity contribution is 8.14. The van der Waals surface area contributed by atoms with E-state index in [0.717, 1.165) is 22.0 Å². The van der Waals surface area contributed by atoms with Gasteiger partial charge in [0.05, 0.1) is 0 Å². The Morgan fingerprint density at radius 2 is 1.78 bits per heavy atom. The van der Waals surface area contributed by atoms with E-state index in [1.54, 1.807) is 7.05 Å². The highest BCUT2D eigenvalue weighted by Crippen LogP contribution is 2.25. The first-order valence-electron chi connectivity index (χ1n) is 7.96. The van der Waals surface area contributed by atoms with Gasteiger partial charge >= 0.3 is 0 Å². The fraction of sp³-hybridized carbons (Fsp3) is 0.111. The van der Waals surface area contributed by atoms with Gasteiger partial charge in [0.25, 0.3) is 5.91 Å². The Labute approximate surface area is 164 Å². The van der Waals surface area contributed by atoms with E-state index in [1.807, 2.05) is 60.7 Å². The normalized spacial score (nSPS) is 13.0. The highest BCUT2D eigenvalue weighted by Gasteiger charge is 2.23. The third kappa shape index (κ3) is 5.05. The molecule has 3 rings (SSSR count). The Bertz CT molecular complexity index is 956. The molecule has 0 saturated carbocycles. The Hall–Kier alpha value is -2.91. The van der Waals surface area contributed by atoms with Crippen molar-refractivity contribution in [2.45, 2.75) is 10.9 Å². The van der Waals surface area contributed by atoms with Gasteiger partial charge in [0.1, 0.15) is 5.04 Å². The van der Waals surface area contributed by atoms with E-state index in [4.69, 9.17) is 5.73 Å². The first-order chi connectivity index (χ1) is 13.2. The maximum Gasteiger partial charge on any atom is 0.250 e. The van der Waals surface area contributed by atoms with E-state index in [1.165, 1.54) is 11.8 Å². The summed E-state index contributed by atoms with van der Waals surface area (Å²) in [4.78, 5) is 21.3. The van der Waals surface area contributed by atoms with E-state index < -0.39 is 11.9 Å². The molecule has 0 radical (unpaired) electrons. The van der Waals surface area contributed by atoms with Crippen LogP contribution in [0.2, 0.25) is 0 Å². The molecule has 2 N–H and O–H groups in total. The van der Waals surface area contributed by atoms with E-state index in [0.29, 0.717) is 16.0 Å². The molecule has 3 aromatic rings. The van der Waals surface area contributed by atoms with Crippen LogP contribution in [0, 0.1) is 0 Å². The lowest BCUT2D eigenvalue weighted by atomic mass is 10.2. The van der Waals surface area contributed by atoms with Crippen molar-refractivity contribution < 1.29 is 4.79 Å². The molecule has 0 aliphatic rings. The minimum absolute atomic E-state index is 0.347. The maximum absolute atomic E-state index is 11.9.